The number of thiophene rings is 1. The van der Waals surface area contributed by atoms with E-state index < -0.39 is 5.97 Å². The van der Waals surface area contributed by atoms with Crippen LogP contribution in [-0.2, 0) is 11.2 Å². The molecule has 0 saturated heterocycles. The zero-order valence-corrected chi connectivity index (χ0v) is 16.5. The normalized spacial score (nSPS) is 11.0. The van der Waals surface area contributed by atoms with Crippen molar-refractivity contribution in [1.82, 2.24) is 4.57 Å². The third-order valence-corrected chi connectivity index (χ3v) is 5.92. The summed E-state index contributed by atoms with van der Waals surface area (Å²) >= 11 is 11.1. The van der Waals surface area contributed by atoms with Crippen LogP contribution in [0.15, 0.2) is 28.1 Å². The summed E-state index contributed by atoms with van der Waals surface area (Å²) in [7, 11) is 1.49. The predicted molar refractivity (Wildman–Crippen MR) is 101 cm³/mol. The summed E-state index contributed by atoms with van der Waals surface area (Å²) in [4.78, 5) is 24.8. The van der Waals surface area contributed by atoms with E-state index in [4.69, 9.17) is 16.3 Å². The second-order valence-corrected chi connectivity index (χ2v) is 8.20. The number of carbonyl (C=O) groups excluding carboxylic acids is 1. The fraction of sp³-hybridized carbons (Fsp3) is 0.176. The number of aromatic nitrogens is 1. The van der Waals surface area contributed by atoms with Crippen molar-refractivity contribution in [2.24, 2.45) is 0 Å². The molecule has 0 saturated carbocycles. The molecule has 0 spiro atoms. The molecule has 3 aromatic rings. The van der Waals surface area contributed by atoms with Gasteiger partial charge in [0.1, 0.15) is 5.75 Å². The number of benzene rings is 1. The van der Waals surface area contributed by atoms with Crippen LogP contribution in [0.2, 0.25) is 5.02 Å². The first-order chi connectivity index (χ1) is 11.8. The summed E-state index contributed by atoms with van der Waals surface area (Å²) < 4.78 is 7.59. The smallest absolute Gasteiger partial charge is 0.307 e. The molecule has 3 rings (SSSR count). The molecule has 0 aliphatic rings. The third-order valence-electron chi connectivity index (χ3n) is 3.93. The number of methoxy groups -OCH3 is 1. The number of carboxylic acid groups (broad SMARTS) is 1. The molecule has 5 nitrogen and oxygen atoms in total. The van der Waals surface area contributed by atoms with E-state index in [2.05, 4.69) is 15.9 Å². The fourth-order valence-corrected chi connectivity index (χ4v) is 4.51. The number of fused-ring (bicyclic) bond motifs is 1. The van der Waals surface area contributed by atoms with Crippen LogP contribution in [0.25, 0.3) is 10.9 Å². The minimum atomic E-state index is -0.993. The number of rotatable bonds is 4. The number of ether oxygens (including phenoxy) is 1. The number of hydrogen-bond acceptors (Lipinski definition) is 4. The zero-order chi connectivity index (χ0) is 18.3. The number of aliphatic carboxylic acids is 1. The summed E-state index contributed by atoms with van der Waals surface area (Å²) in [6, 6.07) is 6.92. The molecule has 0 fully saturated rings. The minimum absolute atomic E-state index is 0.226. The van der Waals surface area contributed by atoms with Crippen LogP contribution >= 0.6 is 38.9 Å². The number of carboxylic acids is 1. The average molecular weight is 443 g/mol. The highest BCUT2D eigenvalue weighted by Gasteiger charge is 2.25. The maximum Gasteiger partial charge on any atom is 0.307 e. The third kappa shape index (κ3) is 3.07. The van der Waals surface area contributed by atoms with E-state index in [9.17, 15) is 14.7 Å². The van der Waals surface area contributed by atoms with Gasteiger partial charge < -0.3 is 9.84 Å². The molecule has 1 aromatic carbocycles. The van der Waals surface area contributed by atoms with Gasteiger partial charge in [0.05, 0.1) is 32.7 Å². The van der Waals surface area contributed by atoms with Gasteiger partial charge in [-0.1, -0.05) is 11.6 Å². The van der Waals surface area contributed by atoms with Crippen LogP contribution in [0.4, 0.5) is 0 Å². The van der Waals surface area contributed by atoms with Gasteiger partial charge in [0.25, 0.3) is 5.91 Å². The Bertz CT molecular complexity index is 1010. The number of halogens is 2. The number of carbonyl (C=O) groups is 2. The first-order valence-corrected chi connectivity index (χ1v) is 9.22. The van der Waals surface area contributed by atoms with Crippen LogP contribution in [0.3, 0.4) is 0 Å². The van der Waals surface area contributed by atoms with E-state index in [0.29, 0.717) is 37.8 Å². The Hall–Kier alpha value is -1.83. The molecule has 0 radical (unpaired) electrons. The highest BCUT2D eigenvalue weighted by Crippen LogP contribution is 2.39. The Labute approximate surface area is 160 Å². The molecule has 0 atom stereocenters. The molecule has 0 aliphatic heterocycles. The minimum Gasteiger partial charge on any atom is -0.495 e. The lowest BCUT2D eigenvalue weighted by molar-refractivity contribution is -0.136. The highest BCUT2D eigenvalue weighted by molar-refractivity contribution is 9.11. The lowest BCUT2D eigenvalue weighted by Gasteiger charge is -2.07. The molecule has 0 aliphatic carbocycles. The van der Waals surface area contributed by atoms with E-state index in [0.717, 1.165) is 3.79 Å². The highest BCUT2D eigenvalue weighted by atomic mass is 79.9. The van der Waals surface area contributed by atoms with Gasteiger partial charge in [-0.05, 0) is 52.7 Å². The van der Waals surface area contributed by atoms with Crippen LogP contribution < -0.4 is 4.74 Å². The summed E-state index contributed by atoms with van der Waals surface area (Å²) in [6.45, 7) is 1.72. The van der Waals surface area contributed by atoms with Crippen molar-refractivity contribution < 1.29 is 19.4 Å². The molecule has 0 amide bonds. The Kier molecular flexibility index (Phi) is 4.90. The monoisotopic (exact) mass is 441 g/mol. The van der Waals surface area contributed by atoms with E-state index in [1.54, 1.807) is 31.2 Å². The molecule has 8 heteroatoms. The SMILES string of the molecule is COc1ccc2c(c1Cl)c(CC(=O)O)c(C)n2C(=O)c1ccc(Br)s1. The van der Waals surface area contributed by atoms with Gasteiger partial charge >= 0.3 is 5.97 Å². The van der Waals surface area contributed by atoms with E-state index in [1.165, 1.54) is 23.0 Å². The Morgan fingerprint density at radius 1 is 1.32 bits per heavy atom. The molecular formula is C17H13BrClNO4S. The largest absolute Gasteiger partial charge is 0.495 e. The van der Waals surface area contributed by atoms with Crippen molar-refractivity contribution in [3.63, 3.8) is 0 Å². The molecule has 2 heterocycles. The molecule has 0 bridgehead atoms. The van der Waals surface area contributed by atoms with E-state index >= 15 is 0 Å². The maximum absolute atomic E-state index is 13.0. The quantitative estimate of drug-likeness (QED) is 0.633. The molecule has 25 heavy (non-hydrogen) atoms. The van der Waals surface area contributed by atoms with Gasteiger partial charge in [-0.15, -0.1) is 11.3 Å². The zero-order valence-electron chi connectivity index (χ0n) is 13.3. The Morgan fingerprint density at radius 3 is 2.60 bits per heavy atom. The Balaban J connectivity index is 2.32. The van der Waals surface area contributed by atoms with Crippen LogP contribution in [0.5, 0.6) is 5.75 Å². The number of nitrogens with zero attached hydrogens (tertiary/aromatic N) is 1. The standard InChI is InChI=1S/C17H13BrClNO4S/c1-8-9(7-14(21)22)15-10(3-4-11(24-2)16(15)19)20(8)17(23)12-5-6-13(18)25-12/h3-6H,7H2,1-2H3,(H,21,22). The molecule has 130 valence electrons. The summed E-state index contributed by atoms with van der Waals surface area (Å²) in [5.74, 6) is -0.785. The van der Waals surface area contributed by atoms with Gasteiger partial charge in [0, 0.05) is 11.1 Å². The summed E-state index contributed by atoms with van der Waals surface area (Å²) in [5.41, 5.74) is 1.63. The van der Waals surface area contributed by atoms with Crippen molar-refractivity contribution in [3.8, 4) is 5.75 Å². The summed E-state index contributed by atoms with van der Waals surface area (Å²) in [6.07, 6.45) is -0.233. The lowest BCUT2D eigenvalue weighted by atomic mass is 10.1. The molecular weight excluding hydrogens is 430 g/mol. The molecule has 1 N–H and O–H groups in total. The van der Waals surface area contributed by atoms with Crippen LogP contribution in [-0.4, -0.2) is 28.7 Å². The average Bonchev–Trinajstić information content (AvgIpc) is 3.10. The first kappa shape index (κ1) is 18.0. The molecule has 2 aromatic heterocycles. The fourth-order valence-electron chi connectivity index (χ4n) is 2.84. The van der Waals surface area contributed by atoms with Crippen molar-refractivity contribution in [1.29, 1.82) is 0 Å². The van der Waals surface area contributed by atoms with Gasteiger partial charge in [-0.3, -0.25) is 14.2 Å². The van der Waals surface area contributed by atoms with Crippen molar-refractivity contribution >= 4 is 61.6 Å². The van der Waals surface area contributed by atoms with Gasteiger partial charge in [-0.25, -0.2) is 0 Å². The lowest BCUT2D eigenvalue weighted by Crippen LogP contribution is -2.12. The van der Waals surface area contributed by atoms with Crippen LogP contribution in [0.1, 0.15) is 20.9 Å². The Morgan fingerprint density at radius 2 is 2.04 bits per heavy atom. The first-order valence-electron chi connectivity index (χ1n) is 7.23. The predicted octanol–water partition coefficient (Wildman–Crippen LogP) is 4.75. The van der Waals surface area contributed by atoms with Crippen molar-refractivity contribution in [3.05, 3.63) is 49.2 Å². The maximum atomic E-state index is 13.0. The van der Waals surface area contributed by atoms with Gasteiger partial charge in [-0.2, -0.15) is 0 Å². The number of hydrogen-bond donors (Lipinski definition) is 1. The van der Waals surface area contributed by atoms with Crippen LogP contribution in [0, 0.1) is 6.92 Å². The van der Waals surface area contributed by atoms with Gasteiger partial charge in [0.15, 0.2) is 0 Å². The second-order valence-electron chi connectivity index (χ2n) is 5.35. The topological polar surface area (TPSA) is 68.5 Å². The van der Waals surface area contributed by atoms with Gasteiger partial charge in [0.2, 0.25) is 0 Å². The molecule has 0 unspecified atom stereocenters. The van der Waals surface area contributed by atoms with E-state index in [-0.39, 0.29) is 12.3 Å². The summed E-state index contributed by atoms with van der Waals surface area (Å²) in [5, 5.41) is 10.1. The second kappa shape index (κ2) is 6.82. The van der Waals surface area contributed by atoms with Crippen molar-refractivity contribution in [2.75, 3.05) is 7.11 Å². The van der Waals surface area contributed by atoms with E-state index in [1.807, 2.05) is 0 Å². The van der Waals surface area contributed by atoms with Crippen molar-refractivity contribution in [2.45, 2.75) is 13.3 Å².